The normalized spacial score (nSPS) is 23.9. The van der Waals surface area contributed by atoms with E-state index in [1.807, 2.05) is 4.90 Å². The third-order valence-corrected chi connectivity index (χ3v) is 3.06. The van der Waals surface area contributed by atoms with E-state index < -0.39 is 0 Å². The number of rotatable bonds is 4. The predicted octanol–water partition coefficient (Wildman–Crippen LogP) is -0.0315. The molecule has 1 aliphatic heterocycles. The molecule has 1 atom stereocenters. The first-order valence-electron chi connectivity index (χ1n) is 5.51. The third kappa shape index (κ3) is 2.08. The van der Waals surface area contributed by atoms with E-state index in [0.29, 0.717) is 25.7 Å². The third-order valence-electron chi connectivity index (χ3n) is 3.06. The number of guanidine groups is 1. The van der Waals surface area contributed by atoms with Crippen LogP contribution in [0.2, 0.25) is 0 Å². The van der Waals surface area contributed by atoms with Crippen LogP contribution < -0.4 is 5.73 Å². The number of methoxy groups -OCH3 is 1. The lowest BCUT2D eigenvalue weighted by molar-refractivity contribution is 0.135. The summed E-state index contributed by atoms with van der Waals surface area (Å²) >= 11 is 0. The van der Waals surface area contributed by atoms with E-state index in [1.165, 1.54) is 0 Å². The van der Waals surface area contributed by atoms with Gasteiger partial charge in [0.1, 0.15) is 5.54 Å². The molecular formula is C11H17N5O. The fraction of sp³-hybridized carbons (Fsp3) is 0.545. The van der Waals surface area contributed by atoms with Gasteiger partial charge in [0.25, 0.3) is 0 Å². The van der Waals surface area contributed by atoms with Crippen LogP contribution >= 0.6 is 0 Å². The minimum Gasteiger partial charge on any atom is -0.383 e. The van der Waals surface area contributed by atoms with Crippen molar-refractivity contribution in [3.05, 3.63) is 24.3 Å². The van der Waals surface area contributed by atoms with E-state index in [2.05, 4.69) is 21.9 Å². The van der Waals surface area contributed by atoms with Crippen molar-refractivity contribution in [2.24, 2.45) is 10.7 Å². The molecule has 0 spiro atoms. The molecule has 0 radical (unpaired) electrons. The maximum Gasteiger partial charge on any atom is 0.192 e. The summed E-state index contributed by atoms with van der Waals surface area (Å²) in [6, 6.07) is 0. The van der Waals surface area contributed by atoms with Gasteiger partial charge in [-0.1, -0.05) is 0 Å². The van der Waals surface area contributed by atoms with E-state index in [1.54, 1.807) is 25.7 Å². The lowest BCUT2D eigenvalue weighted by atomic mass is 9.97. The molecule has 92 valence electrons. The van der Waals surface area contributed by atoms with Crippen molar-refractivity contribution in [2.75, 3.05) is 26.8 Å². The largest absolute Gasteiger partial charge is 0.383 e. The molecule has 0 aliphatic carbocycles. The van der Waals surface area contributed by atoms with Crippen LogP contribution in [-0.2, 0) is 10.3 Å². The zero-order valence-electron chi connectivity index (χ0n) is 10.1. The Morgan fingerprint density at radius 1 is 1.53 bits per heavy atom. The Hall–Kier alpha value is -1.69. The van der Waals surface area contributed by atoms with Crippen LogP contribution in [0.1, 0.15) is 12.6 Å². The number of aliphatic imine (C=N–C) groups is 1. The monoisotopic (exact) mass is 235 g/mol. The van der Waals surface area contributed by atoms with Crippen molar-refractivity contribution < 1.29 is 4.74 Å². The minimum absolute atomic E-state index is 0.323. The van der Waals surface area contributed by atoms with Gasteiger partial charge in [-0.2, -0.15) is 0 Å². The highest BCUT2D eigenvalue weighted by atomic mass is 16.5. The van der Waals surface area contributed by atoms with E-state index in [9.17, 15) is 0 Å². The van der Waals surface area contributed by atoms with Gasteiger partial charge in [-0.3, -0.25) is 15.0 Å². The highest BCUT2D eigenvalue weighted by Crippen LogP contribution is 2.30. The predicted molar refractivity (Wildman–Crippen MR) is 64.5 cm³/mol. The van der Waals surface area contributed by atoms with Gasteiger partial charge in [-0.15, -0.1) is 0 Å². The molecule has 6 heteroatoms. The first-order valence-corrected chi connectivity index (χ1v) is 5.51. The lowest BCUT2D eigenvalue weighted by Gasteiger charge is -2.35. The Morgan fingerprint density at radius 2 is 2.35 bits per heavy atom. The number of nitrogens with zero attached hydrogens (tertiary/aromatic N) is 4. The van der Waals surface area contributed by atoms with Crippen molar-refractivity contribution >= 4 is 5.96 Å². The van der Waals surface area contributed by atoms with Crippen LogP contribution in [0.4, 0.5) is 0 Å². The van der Waals surface area contributed by atoms with Gasteiger partial charge < -0.3 is 15.4 Å². The van der Waals surface area contributed by atoms with Gasteiger partial charge in [0, 0.05) is 26.0 Å². The molecule has 0 aromatic carbocycles. The van der Waals surface area contributed by atoms with Crippen LogP contribution in [0.3, 0.4) is 0 Å². The standard InChI is InChI=1S/C11H17N5O/c1-11(9-7-13-3-4-14-9)8-15-10(12)16(11)5-6-17-2/h3-4,7H,5-6,8H2,1-2H3,(H2,12,15). The number of hydrogen-bond acceptors (Lipinski definition) is 6. The van der Waals surface area contributed by atoms with Crippen LogP contribution in [0, 0.1) is 0 Å². The molecular weight excluding hydrogens is 218 g/mol. The molecule has 6 nitrogen and oxygen atoms in total. The van der Waals surface area contributed by atoms with Crippen LogP contribution in [0.25, 0.3) is 0 Å². The number of ether oxygens (including phenoxy) is 1. The molecule has 0 saturated carbocycles. The molecule has 1 aromatic rings. The molecule has 1 unspecified atom stereocenters. The molecule has 1 aromatic heterocycles. The first-order chi connectivity index (χ1) is 8.18. The highest BCUT2D eigenvalue weighted by Gasteiger charge is 2.40. The average Bonchev–Trinajstić information content (AvgIpc) is 2.65. The maximum atomic E-state index is 5.90. The van der Waals surface area contributed by atoms with Gasteiger partial charge in [0.05, 0.1) is 25.0 Å². The first kappa shape index (κ1) is 11.8. The average molecular weight is 235 g/mol. The number of hydrogen-bond donors (Lipinski definition) is 1. The smallest absolute Gasteiger partial charge is 0.192 e. The molecule has 0 bridgehead atoms. The van der Waals surface area contributed by atoms with Crippen LogP contribution in [0.5, 0.6) is 0 Å². The van der Waals surface area contributed by atoms with Crippen LogP contribution in [-0.4, -0.2) is 47.6 Å². The van der Waals surface area contributed by atoms with Crippen molar-refractivity contribution in [1.29, 1.82) is 0 Å². The Kier molecular flexibility index (Phi) is 3.23. The Labute approximate surface area is 101 Å². The molecule has 0 fully saturated rings. The second-order valence-electron chi connectivity index (χ2n) is 4.18. The maximum absolute atomic E-state index is 5.90. The van der Waals surface area contributed by atoms with E-state index in [4.69, 9.17) is 10.5 Å². The summed E-state index contributed by atoms with van der Waals surface area (Å²) in [6.45, 7) is 3.96. The van der Waals surface area contributed by atoms with E-state index >= 15 is 0 Å². The van der Waals surface area contributed by atoms with Crippen molar-refractivity contribution in [1.82, 2.24) is 14.9 Å². The topological polar surface area (TPSA) is 76.6 Å². The fourth-order valence-electron chi connectivity index (χ4n) is 2.00. The van der Waals surface area contributed by atoms with E-state index in [-0.39, 0.29) is 5.54 Å². The quantitative estimate of drug-likeness (QED) is 0.793. The highest BCUT2D eigenvalue weighted by molar-refractivity contribution is 5.81. The minimum atomic E-state index is -0.323. The Morgan fingerprint density at radius 3 is 3.00 bits per heavy atom. The van der Waals surface area contributed by atoms with Gasteiger partial charge in [0.15, 0.2) is 5.96 Å². The second-order valence-corrected chi connectivity index (χ2v) is 4.18. The summed E-state index contributed by atoms with van der Waals surface area (Å²) in [5.41, 5.74) is 6.46. The van der Waals surface area contributed by atoms with Crippen molar-refractivity contribution in [2.45, 2.75) is 12.5 Å². The molecule has 0 saturated heterocycles. The summed E-state index contributed by atoms with van der Waals surface area (Å²) in [4.78, 5) is 14.8. The zero-order chi connectivity index (χ0) is 12.3. The summed E-state index contributed by atoms with van der Waals surface area (Å²) in [5, 5.41) is 0. The van der Waals surface area contributed by atoms with Gasteiger partial charge in [-0.25, -0.2) is 0 Å². The lowest BCUT2D eigenvalue weighted by Crippen LogP contribution is -2.49. The zero-order valence-corrected chi connectivity index (χ0v) is 10.1. The van der Waals surface area contributed by atoms with Crippen LogP contribution in [0.15, 0.2) is 23.6 Å². The molecule has 2 rings (SSSR count). The summed E-state index contributed by atoms with van der Waals surface area (Å²) in [5.74, 6) is 0.537. The fourth-order valence-corrected chi connectivity index (χ4v) is 2.00. The molecule has 1 aliphatic rings. The summed E-state index contributed by atoms with van der Waals surface area (Å²) < 4.78 is 5.09. The second kappa shape index (κ2) is 4.67. The SMILES string of the molecule is COCCN1C(N)=NCC1(C)c1cnccn1. The summed E-state index contributed by atoms with van der Waals surface area (Å²) in [7, 11) is 1.67. The number of nitrogens with two attached hydrogens (primary N) is 1. The molecule has 2 heterocycles. The molecule has 0 amide bonds. The summed E-state index contributed by atoms with van der Waals surface area (Å²) in [6.07, 6.45) is 5.10. The Bertz CT molecular complexity index is 408. The van der Waals surface area contributed by atoms with Crippen molar-refractivity contribution in [3.8, 4) is 0 Å². The van der Waals surface area contributed by atoms with E-state index in [0.717, 1.165) is 5.69 Å². The van der Waals surface area contributed by atoms with Gasteiger partial charge >= 0.3 is 0 Å². The molecule has 2 N–H and O–H groups in total. The van der Waals surface area contributed by atoms with Gasteiger partial charge in [-0.05, 0) is 6.92 Å². The van der Waals surface area contributed by atoms with Gasteiger partial charge in [0.2, 0.25) is 0 Å². The molecule has 17 heavy (non-hydrogen) atoms. The number of aromatic nitrogens is 2. The van der Waals surface area contributed by atoms with Crippen molar-refractivity contribution in [3.63, 3.8) is 0 Å². The Balaban J connectivity index is 2.25.